The fourth-order valence-corrected chi connectivity index (χ4v) is 4.66. The van der Waals surface area contributed by atoms with Crippen molar-refractivity contribution in [1.29, 1.82) is 0 Å². The molecule has 2 N–H and O–H groups in total. The van der Waals surface area contributed by atoms with Crippen LogP contribution in [0.1, 0.15) is 34.9 Å². The van der Waals surface area contributed by atoms with Crippen LogP contribution in [0.25, 0.3) is 11.0 Å². The maximum absolute atomic E-state index is 13.0. The second kappa shape index (κ2) is 8.30. The number of imidazole rings is 1. The summed E-state index contributed by atoms with van der Waals surface area (Å²) in [5.41, 5.74) is 2.37. The number of para-hydroxylation sites is 2. The average molecular weight is 423 g/mol. The Kier molecular flexibility index (Phi) is 5.57. The number of nitrogens with one attached hydrogen (secondary N) is 2. The van der Waals surface area contributed by atoms with Gasteiger partial charge in [0.25, 0.3) is 5.91 Å². The van der Waals surface area contributed by atoms with Gasteiger partial charge in [0.1, 0.15) is 5.82 Å². The van der Waals surface area contributed by atoms with Crippen molar-refractivity contribution in [2.75, 3.05) is 19.6 Å². The van der Waals surface area contributed by atoms with Crippen molar-refractivity contribution < 1.29 is 13.2 Å². The number of aromatic nitrogens is 2. The van der Waals surface area contributed by atoms with Crippen molar-refractivity contribution in [3.05, 3.63) is 59.9 Å². The molecule has 2 heterocycles. The number of piperidine rings is 1. The van der Waals surface area contributed by atoms with Crippen LogP contribution in [0.15, 0.2) is 53.4 Å². The lowest BCUT2D eigenvalue weighted by atomic mass is 9.96. The summed E-state index contributed by atoms with van der Waals surface area (Å²) in [4.78, 5) is 22.9. The second-order valence-electron chi connectivity index (χ2n) is 7.28. The van der Waals surface area contributed by atoms with Gasteiger partial charge in [0.05, 0.1) is 22.5 Å². The SMILES string of the molecule is C#CCNS(=O)(=O)c1ccc(C(=O)N2CCCC(c3nc4ccccc4[nH]3)C2)cc1. The van der Waals surface area contributed by atoms with Gasteiger partial charge in [0.2, 0.25) is 10.0 Å². The van der Waals surface area contributed by atoms with E-state index in [0.29, 0.717) is 18.7 Å². The Morgan fingerprint density at radius 3 is 2.73 bits per heavy atom. The van der Waals surface area contributed by atoms with Crippen LogP contribution in [0, 0.1) is 12.3 Å². The number of hydrogen-bond donors (Lipinski definition) is 2. The first-order valence-electron chi connectivity index (χ1n) is 9.75. The largest absolute Gasteiger partial charge is 0.342 e. The number of H-pyrrole nitrogens is 1. The fourth-order valence-electron chi connectivity index (χ4n) is 3.73. The molecule has 30 heavy (non-hydrogen) atoms. The Balaban J connectivity index is 1.48. The first kappa shape index (κ1) is 20.1. The van der Waals surface area contributed by atoms with Crippen molar-refractivity contribution in [3.63, 3.8) is 0 Å². The van der Waals surface area contributed by atoms with Gasteiger partial charge in [-0.2, -0.15) is 4.72 Å². The number of likely N-dealkylation sites (tertiary alicyclic amines) is 1. The van der Waals surface area contributed by atoms with Crippen molar-refractivity contribution in [2.45, 2.75) is 23.7 Å². The zero-order chi connectivity index (χ0) is 21.1. The van der Waals surface area contributed by atoms with E-state index in [0.717, 1.165) is 29.7 Å². The number of carbonyl (C=O) groups excluding carboxylic acids is 1. The fraction of sp³-hybridized carbons (Fsp3) is 0.273. The highest BCUT2D eigenvalue weighted by Crippen LogP contribution is 2.27. The van der Waals surface area contributed by atoms with E-state index in [9.17, 15) is 13.2 Å². The number of nitrogens with zero attached hydrogens (tertiary/aromatic N) is 2. The van der Waals surface area contributed by atoms with Gasteiger partial charge in [-0.15, -0.1) is 6.42 Å². The summed E-state index contributed by atoms with van der Waals surface area (Å²) in [6.07, 6.45) is 6.95. The van der Waals surface area contributed by atoms with Crippen LogP contribution < -0.4 is 4.72 Å². The summed E-state index contributed by atoms with van der Waals surface area (Å²) in [7, 11) is -3.68. The molecule has 154 valence electrons. The van der Waals surface area contributed by atoms with Gasteiger partial charge < -0.3 is 9.88 Å². The number of sulfonamides is 1. The van der Waals surface area contributed by atoms with Gasteiger partial charge in [0.15, 0.2) is 0 Å². The molecule has 4 rings (SSSR count). The lowest BCUT2D eigenvalue weighted by Gasteiger charge is -2.32. The number of amides is 1. The molecule has 1 fully saturated rings. The molecule has 1 aliphatic rings. The van der Waals surface area contributed by atoms with Crippen molar-refractivity contribution in [3.8, 4) is 12.3 Å². The highest BCUT2D eigenvalue weighted by Gasteiger charge is 2.27. The average Bonchev–Trinajstić information content (AvgIpc) is 3.22. The highest BCUT2D eigenvalue weighted by molar-refractivity contribution is 7.89. The summed E-state index contributed by atoms with van der Waals surface area (Å²) < 4.78 is 26.6. The summed E-state index contributed by atoms with van der Waals surface area (Å²) >= 11 is 0. The molecule has 1 amide bonds. The molecule has 1 aromatic heterocycles. The molecule has 2 aromatic carbocycles. The van der Waals surface area contributed by atoms with Crippen LogP contribution in [-0.2, 0) is 10.0 Å². The Labute approximate surface area is 175 Å². The maximum atomic E-state index is 13.0. The molecule has 0 radical (unpaired) electrons. The standard InChI is InChI=1S/C22H22N4O3S/c1-2-13-23-30(28,29)18-11-9-16(10-12-18)22(27)26-14-5-6-17(15-26)21-24-19-7-3-4-8-20(19)25-21/h1,3-4,7-12,17,23H,5-6,13-15H2,(H,24,25). The Morgan fingerprint density at radius 1 is 1.23 bits per heavy atom. The summed E-state index contributed by atoms with van der Waals surface area (Å²) in [6.45, 7) is 1.15. The smallest absolute Gasteiger partial charge is 0.253 e. The highest BCUT2D eigenvalue weighted by atomic mass is 32.2. The zero-order valence-electron chi connectivity index (χ0n) is 16.3. The minimum Gasteiger partial charge on any atom is -0.342 e. The van der Waals surface area contributed by atoms with Gasteiger partial charge in [-0.1, -0.05) is 18.1 Å². The molecule has 1 unspecified atom stereocenters. The van der Waals surface area contributed by atoms with Gasteiger partial charge >= 0.3 is 0 Å². The van der Waals surface area contributed by atoms with Crippen molar-refractivity contribution in [1.82, 2.24) is 19.6 Å². The van der Waals surface area contributed by atoms with Crippen LogP contribution >= 0.6 is 0 Å². The van der Waals surface area contributed by atoms with Crippen molar-refractivity contribution in [2.24, 2.45) is 0 Å². The number of rotatable bonds is 5. The monoisotopic (exact) mass is 422 g/mol. The first-order chi connectivity index (χ1) is 14.5. The lowest BCUT2D eigenvalue weighted by molar-refractivity contribution is 0.0705. The molecule has 1 saturated heterocycles. The molecule has 7 nitrogen and oxygen atoms in total. The minimum atomic E-state index is -3.68. The number of carbonyl (C=O) groups is 1. The quantitative estimate of drug-likeness (QED) is 0.618. The maximum Gasteiger partial charge on any atom is 0.253 e. The van der Waals surface area contributed by atoms with E-state index in [4.69, 9.17) is 6.42 Å². The molecule has 0 bridgehead atoms. The van der Waals surface area contributed by atoms with Crippen LogP contribution in [0.3, 0.4) is 0 Å². The van der Waals surface area contributed by atoms with Gasteiger partial charge in [-0.05, 0) is 49.2 Å². The summed E-state index contributed by atoms with van der Waals surface area (Å²) in [5, 5.41) is 0. The molecule has 1 atom stereocenters. The summed E-state index contributed by atoms with van der Waals surface area (Å²) in [6, 6.07) is 13.8. The Morgan fingerprint density at radius 2 is 2.00 bits per heavy atom. The van der Waals surface area contributed by atoms with Crippen LogP contribution in [0.5, 0.6) is 0 Å². The van der Waals surface area contributed by atoms with Gasteiger partial charge in [-0.3, -0.25) is 4.79 Å². The van der Waals surface area contributed by atoms with E-state index in [1.54, 1.807) is 4.90 Å². The van der Waals surface area contributed by atoms with E-state index < -0.39 is 10.0 Å². The Bertz CT molecular complexity index is 1180. The third-order valence-corrected chi connectivity index (χ3v) is 6.70. The van der Waals surface area contributed by atoms with Gasteiger partial charge in [0, 0.05) is 24.6 Å². The topological polar surface area (TPSA) is 95.2 Å². The molecule has 1 aliphatic heterocycles. The summed E-state index contributed by atoms with van der Waals surface area (Å²) in [5.74, 6) is 3.16. The molecule has 0 spiro atoms. The second-order valence-corrected chi connectivity index (χ2v) is 9.05. The van der Waals surface area contributed by atoms with Gasteiger partial charge in [-0.25, -0.2) is 13.4 Å². The van der Waals surface area contributed by atoms with E-state index in [-0.39, 0.29) is 23.3 Å². The van der Waals surface area contributed by atoms with E-state index in [1.807, 2.05) is 24.3 Å². The van der Waals surface area contributed by atoms with E-state index in [1.165, 1.54) is 24.3 Å². The Hall–Kier alpha value is -3.15. The molecule has 0 saturated carbocycles. The molecule has 0 aliphatic carbocycles. The van der Waals surface area contributed by atoms with Crippen LogP contribution in [-0.4, -0.2) is 48.8 Å². The third kappa shape index (κ3) is 4.08. The third-order valence-electron chi connectivity index (χ3n) is 5.28. The normalized spacial score (nSPS) is 17.0. The zero-order valence-corrected chi connectivity index (χ0v) is 17.2. The van der Waals surface area contributed by atoms with Crippen LogP contribution in [0.2, 0.25) is 0 Å². The van der Waals surface area contributed by atoms with E-state index >= 15 is 0 Å². The molecule has 8 heteroatoms. The minimum absolute atomic E-state index is 0.0769. The molecular formula is C22H22N4O3S. The predicted octanol–water partition coefficient (Wildman–Crippen LogP) is 2.49. The number of aromatic amines is 1. The first-order valence-corrected chi connectivity index (χ1v) is 11.2. The molecular weight excluding hydrogens is 400 g/mol. The molecule has 3 aromatic rings. The number of terminal acetylenes is 1. The predicted molar refractivity (Wildman–Crippen MR) is 114 cm³/mol. The van der Waals surface area contributed by atoms with Crippen molar-refractivity contribution >= 4 is 27.0 Å². The number of fused-ring (bicyclic) bond motifs is 1. The van der Waals surface area contributed by atoms with Crippen LogP contribution in [0.4, 0.5) is 0 Å². The van der Waals surface area contributed by atoms with E-state index in [2.05, 4.69) is 20.6 Å². The number of benzene rings is 2. The number of hydrogen-bond acceptors (Lipinski definition) is 4. The lowest BCUT2D eigenvalue weighted by Crippen LogP contribution is -2.39.